The van der Waals surface area contributed by atoms with Crippen LogP contribution in [0.25, 0.3) is 0 Å². The first kappa shape index (κ1) is 15.7. The van der Waals surface area contributed by atoms with Crippen molar-refractivity contribution in [3.05, 3.63) is 29.3 Å². The SMILES string of the molecule is CCc1cc(P)cc(CC)c1.Cl.Cl. The zero-order chi connectivity index (χ0) is 8.27. The molecule has 0 aliphatic heterocycles. The van der Waals surface area contributed by atoms with Gasteiger partial charge in [0.1, 0.15) is 0 Å². The first-order valence-electron chi connectivity index (χ1n) is 4.14. The summed E-state index contributed by atoms with van der Waals surface area (Å²) in [7, 11) is 2.76. The Hall–Kier alpha value is 0.230. The molecule has 0 radical (unpaired) electrons. The van der Waals surface area contributed by atoms with Crippen molar-refractivity contribution in [3.8, 4) is 0 Å². The largest absolute Gasteiger partial charge is 0.147 e. The minimum absolute atomic E-state index is 0. The van der Waals surface area contributed by atoms with Crippen LogP contribution in [0.5, 0.6) is 0 Å². The van der Waals surface area contributed by atoms with Crippen LogP contribution in [0.1, 0.15) is 25.0 Å². The van der Waals surface area contributed by atoms with E-state index in [1.807, 2.05) is 0 Å². The Kier molecular flexibility index (Phi) is 9.19. The molecule has 0 fully saturated rings. The van der Waals surface area contributed by atoms with Crippen molar-refractivity contribution in [1.82, 2.24) is 0 Å². The fourth-order valence-corrected chi connectivity index (χ4v) is 1.63. The summed E-state index contributed by atoms with van der Waals surface area (Å²) >= 11 is 0. The maximum absolute atomic E-state index is 2.76. The Balaban J connectivity index is 0. The molecule has 1 rings (SSSR count). The molecule has 0 heterocycles. The predicted molar refractivity (Wildman–Crippen MR) is 69.0 cm³/mol. The van der Waals surface area contributed by atoms with Gasteiger partial charge in [0.05, 0.1) is 0 Å². The lowest BCUT2D eigenvalue weighted by Gasteiger charge is -2.02. The van der Waals surface area contributed by atoms with Gasteiger partial charge in [-0.05, 0) is 29.3 Å². The van der Waals surface area contributed by atoms with Crippen molar-refractivity contribution in [2.45, 2.75) is 26.7 Å². The standard InChI is InChI=1S/C10H15P.2ClH/c1-3-8-5-9(4-2)7-10(11)6-8;;/h5-7H,3-4,11H2,1-2H3;2*1H. The first-order valence-corrected chi connectivity index (χ1v) is 4.72. The van der Waals surface area contributed by atoms with Gasteiger partial charge in [-0.3, -0.25) is 0 Å². The lowest BCUT2D eigenvalue weighted by Crippen LogP contribution is -1.96. The summed E-state index contributed by atoms with van der Waals surface area (Å²) in [4.78, 5) is 0. The van der Waals surface area contributed by atoms with E-state index in [0.717, 1.165) is 12.8 Å². The molecule has 1 aromatic rings. The Morgan fingerprint density at radius 3 is 1.62 bits per heavy atom. The zero-order valence-corrected chi connectivity index (χ0v) is 10.8. The van der Waals surface area contributed by atoms with E-state index in [2.05, 4.69) is 41.3 Å². The van der Waals surface area contributed by atoms with E-state index in [0.29, 0.717) is 0 Å². The highest BCUT2D eigenvalue weighted by Crippen LogP contribution is 2.06. The summed E-state index contributed by atoms with van der Waals surface area (Å²) in [6.07, 6.45) is 2.27. The van der Waals surface area contributed by atoms with E-state index in [4.69, 9.17) is 0 Å². The maximum atomic E-state index is 2.76. The zero-order valence-electron chi connectivity index (χ0n) is 8.04. The smallest absolute Gasteiger partial charge is 0.0297 e. The Morgan fingerprint density at radius 2 is 1.31 bits per heavy atom. The maximum Gasteiger partial charge on any atom is -0.0297 e. The molecule has 1 unspecified atom stereocenters. The number of hydrogen-bond donors (Lipinski definition) is 0. The molecule has 0 aliphatic carbocycles. The Labute approximate surface area is 95.5 Å². The fourth-order valence-electron chi connectivity index (χ4n) is 1.20. The normalized spacial score (nSPS) is 8.54. The van der Waals surface area contributed by atoms with Gasteiger partial charge >= 0.3 is 0 Å². The van der Waals surface area contributed by atoms with E-state index in [1.54, 1.807) is 0 Å². The molecule has 0 saturated heterocycles. The van der Waals surface area contributed by atoms with E-state index in [1.165, 1.54) is 16.4 Å². The van der Waals surface area contributed by atoms with Crippen molar-refractivity contribution in [1.29, 1.82) is 0 Å². The summed E-state index contributed by atoms with van der Waals surface area (Å²) in [6.45, 7) is 4.39. The van der Waals surface area contributed by atoms with Crippen LogP contribution >= 0.6 is 34.1 Å². The van der Waals surface area contributed by atoms with E-state index >= 15 is 0 Å². The minimum atomic E-state index is 0. The van der Waals surface area contributed by atoms with Crippen LogP contribution in [0.4, 0.5) is 0 Å². The number of halogens is 2. The molecule has 0 aromatic heterocycles. The third-order valence-corrected chi connectivity index (χ3v) is 2.22. The summed E-state index contributed by atoms with van der Waals surface area (Å²) in [5.41, 5.74) is 2.88. The third-order valence-electron chi connectivity index (χ3n) is 1.89. The molecule has 13 heavy (non-hydrogen) atoms. The molecule has 0 spiro atoms. The van der Waals surface area contributed by atoms with E-state index in [-0.39, 0.29) is 24.8 Å². The molecule has 0 nitrogen and oxygen atoms in total. The van der Waals surface area contributed by atoms with Crippen LogP contribution in [0.15, 0.2) is 18.2 Å². The van der Waals surface area contributed by atoms with Gasteiger partial charge in [0, 0.05) is 0 Å². The Morgan fingerprint density at radius 1 is 0.923 bits per heavy atom. The molecular weight excluding hydrogens is 222 g/mol. The lowest BCUT2D eigenvalue weighted by molar-refractivity contribution is 1.09. The van der Waals surface area contributed by atoms with Crippen LogP contribution in [0.2, 0.25) is 0 Å². The number of benzene rings is 1. The average Bonchev–Trinajstić information content (AvgIpc) is 2.03. The van der Waals surface area contributed by atoms with Gasteiger partial charge in [0.15, 0.2) is 0 Å². The van der Waals surface area contributed by atoms with Crippen molar-refractivity contribution in [2.24, 2.45) is 0 Å². The monoisotopic (exact) mass is 238 g/mol. The second-order valence-electron chi connectivity index (χ2n) is 2.79. The van der Waals surface area contributed by atoms with Gasteiger partial charge in [-0.2, -0.15) is 0 Å². The quantitative estimate of drug-likeness (QED) is 0.695. The van der Waals surface area contributed by atoms with Crippen LogP contribution in [-0.2, 0) is 12.8 Å². The lowest BCUT2D eigenvalue weighted by atomic mass is 10.1. The molecule has 0 amide bonds. The summed E-state index contributed by atoms with van der Waals surface area (Å²) in [5, 5.41) is 1.31. The van der Waals surface area contributed by atoms with Crippen LogP contribution in [-0.4, -0.2) is 0 Å². The van der Waals surface area contributed by atoms with Crippen molar-refractivity contribution < 1.29 is 0 Å². The highest BCUT2D eigenvalue weighted by Gasteiger charge is 1.94. The number of rotatable bonds is 2. The average molecular weight is 239 g/mol. The molecular formula is C10H17Cl2P. The summed E-state index contributed by atoms with van der Waals surface area (Å²) in [5.74, 6) is 0. The van der Waals surface area contributed by atoms with Crippen molar-refractivity contribution in [2.75, 3.05) is 0 Å². The molecule has 76 valence electrons. The minimum Gasteiger partial charge on any atom is -0.147 e. The van der Waals surface area contributed by atoms with Gasteiger partial charge in [0.25, 0.3) is 0 Å². The molecule has 1 aromatic carbocycles. The highest BCUT2D eigenvalue weighted by molar-refractivity contribution is 7.27. The van der Waals surface area contributed by atoms with E-state index < -0.39 is 0 Å². The summed E-state index contributed by atoms with van der Waals surface area (Å²) in [6, 6.07) is 6.74. The van der Waals surface area contributed by atoms with Crippen molar-refractivity contribution in [3.63, 3.8) is 0 Å². The van der Waals surface area contributed by atoms with Gasteiger partial charge in [0.2, 0.25) is 0 Å². The predicted octanol–water partition coefficient (Wildman–Crippen LogP) is 3.16. The number of hydrogen-bond acceptors (Lipinski definition) is 0. The van der Waals surface area contributed by atoms with Crippen LogP contribution < -0.4 is 5.30 Å². The van der Waals surface area contributed by atoms with Gasteiger partial charge in [-0.25, -0.2) is 0 Å². The number of aryl methyl sites for hydroxylation is 2. The molecule has 0 N–H and O–H groups in total. The first-order chi connectivity index (χ1) is 5.26. The second kappa shape index (κ2) is 7.62. The van der Waals surface area contributed by atoms with Gasteiger partial charge in [-0.1, -0.05) is 32.0 Å². The van der Waals surface area contributed by atoms with Crippen molar-refractivity contribution >= 4 is 39.4 Å². The Bertz CT molecular complexity index is 226. The topological polar surface area (TPSA) is 0 Å². The van der Waals surface area contributed by atoms with E-state index in [9.17, 15) is 0 Å². The second-order valence-corrected chi connectivity index (χ2v) is 3.46. The third kappa shape index (κ3) is 4.86. The molecule has 0 bridgehead atoms. The fraction of sp³-hybridized carbons (Fsp3) is 0.400. The molecule has 0 saturated carbocycles. The van der Waals surface area contributed by atoms with Crippen LogP contribution in [0.3, 0.4) is 0 Å². The van der Waals surface area contributed by atoms with Gasteiger partial charge < -0.3 is 0 Å². The molecule has 1 atom stereocenters. The highest BCUT2D eigenvalue weighted by atomic mass is 35.5. The molecule has 0 aliphatic rings. The van der Waals surface area contributed by atoms with Gasteiger partial charge in [-0.15, -0.1) is 34.1 Å². The summed E-state index contributed by atoms with van der Waals surface area (Å²) < 4.78 is 0. The van der Waals surface area contributed by atoms with Crippen LogP contribution in [0, 0.1) is 0 Å². The molecule has 3 heteroatoms.